The Morgan fingerprint density at radius 1 is 1.35 bits per heavy atom. The van der Waals surface area contributed by atoms with E-state index in [0.717, 1.165) is 40.7 Å². The molecule has 4 heterocycles. The number of H-pyrrole nitrogens is 1. The van der Waals surface area contributed by atoms with Crippen molar-refractivity contribution in [3.05, 3.63) is 30.4 Å². The molecule has 0 saturated heterocycles. The van der Waals surface area contributed by atoms with Crippen LogP contribution in [0.1, 0.15) is 48.6 Å². The SMILES string of the molecule is N#CCC(C1CCCC1)n1ncc2c1C(=O)Nc1c[nH]c3nccc-2c13. The first-order chi connectivity index (χ1) is 12.8. The normalized spacial score (nSPS) is 17.6. The van der Waals surface area contributed by atoms with Gasteiger partial charge in [-0.1, -0.05) is 12.8 Å². The molecule has 130 valence electrons. The molecule has 1 fully saturated rings. The summed E-state index contributed by atoms with van der Waals surface area (Å²) in [6.07, 6.45) is 10.2. The average Bonchev–Trinajstić information content (AvgIpc) is 3.38. The molecule has 0 aromatic carbocycles. The third kappa shape index (κ3) is 2.08. The standard InChI is InChI=1S/C19H18N6O/c20-7-5-15(11-3-1-2-4-11)25-17-13(9-23-25)12-6-8-21-18-16(12)14(10-22-18)24-19(17)26/h6,8-11,15H,1-5H2,(H,21,22)(H,24,26). The van der Waals surface area contributed by atoms with Gasteiger partial charge in [-0.2, -0.15) is 10.4 Å². The van der Waals surface area contributed by atoms with E-state index in [1.54, 1.807) is 23.3 Å². The molecule has 2 aliphatic rings. The Morgan fingerprint density at radius 2 is 2.19 bits per heavy atom. The second-order valence-corrected chi connectivity index (χ2v) is 7.06. The van der Waals surface area contributed by atoms with Crippen molar-refractivity contribution in [2.75, 3.05) is 5.32 Å². The number of amides is 1. The highest BCUT2D eigenvalue weighted by Crippen LogP contribution is 2.41. The first-order valence-corrected chi connectivity index (χ1v) is 9.00. The van der Waals surface area contributed by atoms with Crippen molar-refractivity contribution in [2.24, 2.45) is 5.92 Å². The number of nitrogens with one attached hydrogen (secondary N) is 2. The van der Waals surface area contributed by atoms with Crippen molar-refractivity contribution in [3.8, 4) is 17.2 Å². The summed E-state index contributed by atoms with van der Waals surface area (Å²) in [6.45, 7) is 0. The van der Waals surface area contributed by atoms with Crippen molar-refractivity contribution >= 4 is 22.6 Å². The minimum Gasteiger partial charge on any atom is -0.344 e. The van der Waals surface area contributed by atoms with Crippen molar-refractivity contribution in [1.82, 2.24) is 19.7 Å². The van der Waals surface area contributed by atoms with Gasteiger partial charge in [0.15, 0.2) is 0 Å². The van der Waals surface area contributed by atoms with Gasteiger partial charge in [0.05, 0.1) is 35.8 Å². The van der Waals surface area contributed by atoms with Crippen LogP contribution in [-0.2, 0) is 0 Å². The molecule has 7 heteroatoms. The van der Waals surface area contributed by atoms with Crippen LogP contribution < -0.4 is 5.32 Å². The highest BCUT2D eigenvalue weighted by atomic mass is 16.2. The molecule has 0 radical (unpaired) electrons. The molecule has 5 rings (SSSR count). The molecule has 1 aliphatic heterocycles. The number of carbonyl (C=O) groups excluding carboxylic acids is 1. The number of nitrogens with zero attached hydrogens (tertiary/aromatic N) is 4. The number of rotatable bonds is 3. The second kappa shape index (κ2) is 5.70. The lowest BCUT2D eigenvalue weighted by Gasteiger charge is -2.23. The van der Waals surface area contributed by atoms with Gasteiger partial charge >= 0.3 is 0 Å². The molecule has 3 aromatic rings. The van der Waals surface area contributed by atoms with Crippen molar-refractivity contribution in [1.29, 1.82) is 5.26 Å². The monoisotopic (exact) mass is 346 g/mol. The lowest BCUT2D eigenvalue weighted by atomic mass is 9.95. The van der Waals surface area contributed by atoms with Gasteiger partial charge in [0.25, 0.3) is 5.91 Å². The Morgan fingerprint density at radius 3 is 3.00 bits per heavy atom. The molecular formula is C19H18N6O. The number of fused-ring (bicyclic) bond motifs is 2. The molecule has 1 atom stereocenters. The Labute approximate surface area is 150 Å². The quantitative estimate of drug-likeness (QED) is 0.756. The summed E-state index contributed by atoms with van der Waals surface area (Å²) < 4.78 is 1.80. The number of carbonyl (C=O) groups is 1. The van der Waals surface area contributed by atoms with Gasteiger partial charge in [-0.15, -0.1) is 0 Å². The summed E-state index contributed by atoms with van der Waals surface area (Å²) in [6, 6.07) is 4.15. The predicted octanol–water partition coefficient (Wildman–Crippen LogP) is 3.64. The van der Waals surface area contributed by atoms with Crippen molar-refractivity contribution < 1.29 is 4.79 Å². The molecule has 7 nitrogen and oxygen atoms in total. The highest BCUT2D eigenvalue weighted by molar-refractivity contribution is 6.17. The summed E-state index contributed by atoms with van der Waals surface area (Å²) >= 11 is 0. The number of hydrogen-bond donors (Lipinski definition) is 2. The summed E-state index contributed by atoms with van der Waals surface area (Å²) in [5.74, 6) is 0.210. The van der Waals surface area contributed by atoms with Gasteiger partial charge in [-0.3, -0.25) is 9.48 Å². The van der Waals surface area contributed by atoms with Crippen LogP contribution in [0.15, 0.2) is 24.7 Å². The molecule has 1 saturated carbocycles. The van der Waals surface area contributed by atoms with E-state index in [0.29, 0.717) is 18.0 Å². The summed E-state index contributed by atoms with van der Waals surface area (Å²) in [4.78, 5) is 20.5. The van der Waals surface area contributed by atoms with Crippen LogP contribution in [0.5, 0.6) is 0 Å². The van der Waals surface area contributed by atoms with Crippen LogP contribution in [0.25, 0.3) is 22.2 Å². The molecule has 1 amide bonds. The highest BCUT2D eigenvalue weighted by Gasteiger charge is 2.33. The van der Waals surface area contributed by atoms with Gasteiger partial charge in [-0.25, -0.2) is 4.98 Å². The fourth-order valence-electron chi connectivity index (χ4n) is 4.49. The maximum absolute atomic E-state index is 13.0. The fourth-order valence-corrected chi connectivity index (χ4v) is 4.49. The Hall–Kier alpha value is -3.14. The van der Waals surface area contributed by atoms with E-state index in [1.165, 1.54) is 12.8 Å². The van der Waals surface area contributed by atoms with E-state index >= 15 is 0 Å². The van der Waals surface area contributed by atoms with E-state index in [1.807, 2.05) is 6.07 Å². The maximum atomic E-state index is 13.0. The number of hydrogen-bond acceptors (Lipinski definition) is 4. The van der Waals surface area contributed by atoms with Crippen LogP contribution in [0.3, 0.4) is 0 Å². The molecule has 1 unspecified atom stereocenters. The second-order valence-electron chi connectivity index (χ2n) is 7.06. The Bertz CT molecular complexity index is 1050. The molecule has 0 bridgehead atoms. The van der Waals surface area contributed by atoms with Crippen LogP contribution in [-0.4, -0.2) is 25.7 Å². The van der Waals surface area contributed by atoms with Crippen LogP contribution in [0.2, 0.25) is 0 Å². The van der Waals surface area contributed by atoms with E-state index in [9.17, 15) is 10.1 Å². The topological polar surface area (TPSA) is 99.4 Å². The van der Waals surface area contributed by atoms with Gasteiger partial charge in [0, 0.05) is 23.5 Å². The van der Waals surface area contributed by atoms with Crippen LogP contribution in [0, 0.1) is 17.2 Å². The maximum Gasteiger partial charge on any atom is 0.274 e. The third-order valence-corrected chi connectivity index (χ3v) is 5.68. The van der Waals surface area contributed by atoms with E-state index in [2.05, 4.69) is 26.5 Å². The number of aromatic amines is 1. The minimum absolute atomic E-state index is 0.0617. The average molecular weight is 346 g/mol. The predicted molar refractivity (Wildman–Crippen MR) is 96.5 cm³/mol. The number of pyridine rings is 1. The Kier molecular flexibility index (Phi) is 3.32. The number of anilines is 1. The van der Waals surface area contributed by atoms with Crippen molar-refractivity contribution in [2.45, 2.75) is 38.1 Å². The largest absolute Gasteiger partial charge is 0.344 e. The van der Waals surface area contributed by atoms with E-state index < -0.39 is 0 Å². The first kappa shape index (κ1) is 15.1. The van der Waals surface area contributed by atoms with Crippen LogP contribution >= 0.6 is 0 Å². The minimum atomic E-state index is -0.185. The zero-order valence-electron chi connectivity index (χ0n) is 14.2. The molecule has 26 heavy (non-hydrogen) atoms. The van der Waals surface area contributed by atoms with Gasteiger partial charge in [-0.05, 0) is 24.8 Å². The summed E-state index contributed by atoms with van der Waals surface area (Å²) in [7, 11) is 0. The fraction of sp³-hybridized carbons (Fsp3) is 0.368. The van der Waals surface area contributed by atoms with Crippen LogP contribution in [0.4, 0.5) is 5.69 Å². The zero-order valence-corrected chi connectivity index (χ0v) is 14.2. The summed E-state index contributed by atoms with van der Waals surface area (Å²) in [5.41, 5.74) is 3.75. The summed E-state index contributed by atoms with van der Waals surface area (Å²) in [5, 5.41) is 17.8. The smallest absolute Gasteiger partial charge is 0.274 e. The van der Waals surface area contributed by atoms with Gasteiger partial charge in [0.2, 0.25) is 0 Å². The lowest BCUT2D eigenvalue weighted by molar-refractivity contribution is 0.101. The molecule has 1 aliphatic carbocycles. The van der Waals surface area contributed by atoms with Crippen molar-refractivity contribution in [3.63, 3.8) is 0 Å². The molecular weight excluding hydrogens is 328 g/mol. The Balaban J connectivity index is 1.70. The zero-order chi connectivity index (χ0) is 17.7. The lowest BCUT2D eigenvalue weighted by Crippen LogP contribution is -2.25. The number of aromatic nitrogens is 4. The van der Waals surface area contributed by atoms with E-state index in [4.69, 9.17) is 0 Å². The third-order valence-electron chi connectivity index (χ3n) is 5.68. The number of nitriles is 1. The molecule has 0 spiro atoms. The first-order valence-electron chi connectivity index (χ1n) is 9.00. The molecule has 2 N–H and O–H groups in total. The van der Waals surface area contributed by atoms with Gasteiger partial charge in [0.1, 0.15) is 11.3 Å². The van der Waals surface area contributed by atoms with Gasteiger partial charge < -0.3 is 10.3 Å². The molecule has 3 aromatic heterocycles. The van der Waals surface area contributed by atoms with E-state index in [-0.39, 0.29) is 11.9 Å².